The number of aliphatic hydroxyl groups is 4. The number of aliphatic hydroxyl groups excluding tert-OH is 4. The van der Waals surface area contributed by atoms with Crippen LogP contribution in [0.4, 0.5) is 22.2 Å². The number of nitrogens with zero attached hydrogens (tertiary/aromatic N) is 8. The van der Waals surface area contributed by atoms with Crippen molar-refractivity contribution in [2.45, 2.75) is 67.1 Å². The van der Waals surface area contributed by atoms with Crippen molar-refractivity contribution >= 4 is 44.7 Å². The van der Waals surface area contributed by atoms with Crippen LogP contribution in [0, 0.1) is 0 Å². The first-order valence-electron chi connectivity index (χ1n) is 17.0. The molecule has 19 nitrogen and oxygen atoms in total. The maximum Gasteiger partial charge on any atom is 0.319 e. The fraction of sp³-hybridized carbons (Fsp3) is 0.394. The van der Waals surface area contributed by atoms with E-state index < -0.39 is 46.4 Å². The first kappa shape index (κ1) is 36.1. The highest BCUT2D eigenvalue weighted by Crippen LogP contribution is 2.40. The van der Waals surface area contributed by atoms with Gasteiger partial charge in [0.2, 0.25) is 16.0 Å². The molecule has 6 atom stereocenters. The molecule has 2 fully saturated rings. The lowest BCUT2D eigenvalue weighted by molar-refractivity contribution is 0.00491. The average molecular weight is 749 g/mol. The molecule has 5 aromatic rings. The number of anilines is 3. The summed E-state index contributed by atoms with van der Waals surface area (Å²) in [7, 11) is -3.87. The molecule has 3 aromatic heterocycles. The predicted molar refractivity (Wildman–Crippen MR) is 191 cm³/mol. The lowest BCUT2D eigenvalue weighted by Crippen LogP contribution is -2.40. The van der Waals surface area contributed by atoms with E-state index in [0.29, 0.717) is 60.2 Å². The highest BCUT2D eigenvalue weighted by Gasteiger charge is 2.45. The summed E-state index contributed by atoms with van der Waals surface area (Å²) in [5.74, 6) is 0.689. The Balaban J connectivity index is 1.14. The van der Waals surface area contributed by atoms with Crippen LogP contribution < -0.4 is 26.0 Å². The highest BCUT2D eigenvalue weighted by atomic mass is 32.2. The zero-order chi connectivity index (χ0) is 37.3. The molecule has 1 aliphatic heterocycles. The van der Waals surface area contributed by atoms with Gasteiger partial charge in [-0.05, 0) is 49.1 Å². The summed E-state index contributed by atoms with van der Waals surface area (Å²) < 4.78 is 24.8. The van der Waals surface area contributed by atoms with Gasteiger partial charge in [0.1, 0.15) is 23.9 Å². The van der Waals surface area contributed by atoms with Crippen molar-refractivity contribution in [2.24, 2.45) is 5.14 Å². The van der Waals surface area contributed by atoms with Crippen molar-refractivity contribution in [3.05, 3.63) is 78.4 Å². The second kappa shape index (κ2) is 15.0. The third-order valence-corrected chi connectivity index (χ3v) is 10.5. The summed E-state index contributed by atoms with van der Waals surface area (Å²) in [6, 6.07) is 12.6. The van der Waals surface area contributed by atoms with Crippen LogP contribution in [0.3, 0.4) is 0 Å². The Morgan fingerprint density at radius 2 is 1.77 bits per heavy atom. The minimum atomic E-state index is -3.87. The van der Waals surface area contributed by atoms with E-state index in [1.165, 1.54) is 41.6 Å². The van der Waals surface area contributed by atoms with Crippen LogP contribution in [0.15, 0.2) is 72.0 Å². The number of carbonyl (C=O) groups is 1. The van der Waals surface area contributed by atoms with Crippen molar-refractivity contribution in [2.75, 3.05) is 35.2 Å². The monoisotopic (exact) mass is 748 g/mol. The number of sulfonamides is 1. The Hall–Kier alpha value is -5.25. The van der Waals surface area contributed by atoms with E-state index in [2.05, 4.69) is 31.1 Å². The van der Waals surface area contributed by atoms with Crippen LogP contribution in [0.25, 0.3) is 11.2 Å². The zero-order valence-corrected chi connectivity index (χ0v) is 29.2. The number of amides is 2. The molecule has 2 amide bonds. The molecule has 7 rings (SSSR count). The summed E-state index contributed by atoms with van der Waals surface area (Å²) in [6.07, 6.45) is 1.79. The number of urea groups is 1. The Bertz CT molecular complexity index is 2170. The maximum absolute atomic E-state index is 12.9. The third-order valence-electron chi connectivity index (χ3n) is 9.54. The van der Waals surface area contributed by atoms with Crippen molar-refractivity contribution in [1.82, 2.24) is 39.8 Å². The van der Waals surface area contributed by atoms with Crippen molar-refractivity contribution in [3.8, 4) is 0 Å². The van der Waals surface area contributed by atoms with Crippen LogP contribution in [0.5, 0.6) is 0 Å². The minimum Gasteiger partial charge on any atom is -0.394 e. The molecule has 0 spiro atoms. The molecule has 9 N–H and O–H groups in total. The molecule has 1 saturated heterocycles. The summed E-state index contributed by atoms with van der Waals surface area (Å²) in [5.41, 5.74) is 2.50. The van der Waals surface area contributed by atoms with Gasteiger partial charge in [-0.2, -0.15) is 25.0 Å². The summed E-state index contributed by atoms with van der Waals surface area (Å²) >= 11 is 0. The first-order valence-corrected chi connectivity index (χ1v) is 18.5. The van der Waals surface area contributed by atoms with Crippen LogP contribution in [-0.2, 0) is 23.1 Å². The number of hydrogen-bond acceptors (Lipinski definition) is 14. The molecule has 1 saturated carbocycles. The lowest BCUT2D eigenvalue weighted by Gasteiger charge is -2.22. The Morgan fingerprint density at radius 3 is 2.47 bits per heavy atom. The maximum atomic E-state index is 12.9. The van der Waals surface area contributed by atoms with Crippen LogP contribution in [0.1, 0.15) is 36.2 Å². The third kappa shape index (κ3) is 7.77. The largest absolute Gasteiger partial charge is 0.394 e. The number of hydrogen-bond donors (Lipinski definition) is 8. The molecular weight excluding hydrogens is 709 g/mol. The van der Waals surface area contributed by atoms with E-state index in [1.54, 1.807) is 4.57 Å². The number of rotatable bonds is 12. The average Bonchev–Trinajstić information content (AvgIpc) is 3.96. The van der Waals surface area contributed by atoms with Gasteiger partial charge in [-0.3, -0.25) is 0 Å². The summed E-state index contributed by atoms with van der Waals surface area (Å²) in [5, 5.41) is 64.7. The quantitative estimate of drug-likeness (QED) is 0.0827. The number of nitrogens with one attached hydrogen (secondary N) is 3. The molecular formula is C33H40N12O7S. The van der Waals surface area contributed by atoms with Gasteiger partial charge in [-0.25, -0.2) is 23.3 Å². The van der Waals surface area contributed by atoms with E-state index in [4.69, 9.17) is 15.1 Å². The number of fused-ring (bicyclic) bond motifs is 1. The minimum absolute atomic E-state index is 0.0718. The van der Waals surface area contributed by atoms with E-state index >= 15 is 0 Å². The Labute approximate surface area is 303 Å². The molecule has 1 aliphatic carbocycles. The lowest BCUT2D eigenvalue weighted by atomic mass is 10.1. The highest BCUT2D eigenvalue weighted by molar-refractivity contribution is 7.89. The molecule has 53 heavy (non-hydrogen) atoms. The van der Waals surface area contributed by atoms with Gasteiger partial charge in [-0.15, -0.1) is 0 Å². The van der Waals surface area contributed by atoms with E-state index in [9.17, 15) is 33.6 Å². The van der Waals surface area contributed by atoms with E-state index in [1.807, 2.05) is 35.2 Å². The van der Waals surface area contributed by atoms with Gasteiger partial charge in [0.25, 0.3) is 0 Å². The molecule has 20 heteroatoms. The van der Waals surface area contributed by atoms with Crippen LogP contribution in [0.2, 0.25) is 0 Å². The molecule has 2 aromatic carbocycles. The van der Waals surface area contributed by atoms with E-state index in [-0.39, 0.29) is 30.6 Å². The van der Waals surface area contributed by atoms with Gasteiger partial charge in [-0.1, -0.05) is 30.3 Å². The number of primary sulfonamides is 1. The van der Waals surface area contributed by atoms with Gasteiger partial charge in [0.15, 0.2) is 17.0 Å². The number of aromatic nitrogens is 7. The van der Waals surface area contributed by atoms with Gasteiger partial charge in [0, 0.05) is 24.8 Å². The normalized spacial score (nSPS) is 22.3. The summed E-state index contributed by atoms with van der Waals surface area (Å²) in [6.45, 7) is 0.332. The van der Waals surface area contributed by atoms with Crippen LogP contribution in [-0.4, -0.2) is 113 Å². The molecule has 2 aliphatic rings. The Kier molecular flexibility index (Phi) is 10.2. The number of carbonyl (C=O) groups excluding carboxylic acids is 1. The number of imidazole rings is 1. The van der Waals surface area contributed by atoms with Crippen molar-refractivity contribution in [3.63, 3.8) is 0 Å². The second-order valence-electron chi connectivity index (χ2n) is 13.2. The van der Waals surface area contributed by atoms with E-state index in [0.717, 1.165) is 5.56 Å². The van der Waals surface area contributed by atoms with Crippen molar-refractivity contribution < 1.29 is 33.6 Å². The topological polar surface area (TPSA) is 272 Å². The molecule has 0 radical (unpaired) electrons. The zero-order valence-electron chi connectivity index (χ0n) is 28.3. The number of nitrogens with two attached hydrogens (primary N) is 1. The Morgan fingerprint density at radius 1 is 1.02 bits per heavy atom. The first-order chi connectivity index (χ1) is 25.5. The van der Waals surface area contributed by atoms with Crippen LogP contribution >= 0.6 is 0 Å². The van der Waals surface area contributed by atoms with Gasteiger partial charge in [0.05, 0.1) is 42.7 Å². The standard InChI is InChI=1S/C33H40N12O7S/c34-53(51,52)24-8-6-20(7-9-24)38-33(50)39-21-10-11-43(15-21)32-40-30(37-22(16-46)12-19-4-2-1-3-5-19)27-31(41-32)44(18-35-27)25-13-26(29(49)28(25)48)45-36-14-23(17-47)42-45/h1-9,14,18,21-22,25-26,28-29,46-49H,10-13,15-17H2,(H2,34,51,52)(H,37,40,41)(H2,38,39,50)/t21-,22+,25-,26+,28+,29-/m1/s1. The molecule has 280 valence electrons. The molecule has 0 bridgehead atoms. The molecule has 0 unspecified atom stereocenters. The molecule has 4 heterocycles. The number of benzene rings is 2. The second-order valence-corrected chi connectivity index (χ2v) is 14.7. The predicted octanol–water partition coefficient (Wildman–Crippen LogP) is -0.119. The summed E-state index contributed by atoms with van der Waals surface area (Å²) in [4.78, 5) is 30.3. The van der Waals surface area contributed by atoms with Gasteiger partial charge >= 0.3 is 6.03 Å². The SMILES string of the molecule is NS(=O)(=O)c1ccc(NC(=O)N[C@@H]2CCN(c3nc(N[C@H](CO)Cc4ccccc4)c4ncn([C@@H]5C[C@H](n6ncc(CO)n6)[C@@H](O)[C@H]5O)c4n3)C2)cc1. The fourth-order valence-corrected chi connectivity index (χ4v) is 7.33. The fourth-order valence-electron chi connectivity index (χ4n) is 6.82. The smallest absolute Gasteiger partial charge is 0.319 e. The van der Waals surface area contributed by atoms with Gasteiger partial charge < -0.3 is 45.8 Å². The van der Waals surface area contributed by atoms with Crippen molar-refractivity contribution in [1.29, 1.82) is 0 Å².